The Bertz CT molecular complexity index is 653. The molecule has 1 aromatic rings. The van der Waals surface area contributed by atoms with Crippen LogP contribution in [0, 0.1) is 6.92 Å². The van der Waals surface area contributed by atoms with Crippen LogP contribution in [0.3, 0.4) is 0 Å². The molecule has 9 heteroatoms. The number of hydrogen-bond acceptors (Lipinski definition) is 4. The predicted octanol–water partition coefficient (Wildman–Crippen LogP) is 0.680. The summed E-state index contributed by atoms with van der Waals surface area (Å²) >= 11 is 0. The Labute approximate surface area is 165 Å². The van der Waals surface area contributed by atoms with Crippen molar-refractivity contribution in [1.29, 1.82) is 0 Å². The molecule has 1 aromatic heterocycles. The molecule has 1 saturated heterocycles. The number of piperazine rings is 1. The van der Waals surface area contributed by atoms with Crippen molar-refractivity contribution in [3.05, 3.63) is 24.3 Å². The Hall–Kier alpha value is -1.65. The van der Waals surface area contributed by atoms with E-state index < -0.39 is 0 Å². The number of aliphatic imine (C=N–C) groups is 1. The van der Waals surface area contributed by atoms with Crippen molar-refractivity contribution in [2.24, 2.45) is 12.0 Å². The number of amides is 1. The van der Waals surface area contributed by atoms with Crippen LogP contribution in [-0.2, 0) is 18.4 Å². The van der Waals surface area contributed by atoms with Crippen LogP contribution in [-0.4, -0.2) is 68.7 Å². The number of rotatable bonds is 5. The van der Waals surface area contributed by atoms with Gasteiger partial charge in [0.25, 0.3) is 0 Å². The fourth-order valence-electron chi connectivity index (χ4n) is 2.80. The fourth-order valence-corrected chi connectivity index (χ4v) is 2.80. The number of halogens is 1. The van der Waals surface area contributed by atoms with Crippen LogP contribution in [0.5, 0.6) is 0 Å². The average Bonchev–Trinajstić information content (AvgIpc) is 3.36. The lowest BCUT2D eigenvalue weighted by atomic mass is 10.3. The summed E-state index contributed by atoms with van der Waals surface area (Å²) in [7, 11) is 1.93. The van der Waals surface area contributed by atoms with Gasteiger partial charge >= 0.3 is 0 Å². The molecule has 2 heterocycles. The van der Waals surface area contributed by atoms with Crippen LogP contribution >= 0.6 is 24.0 Å². The molecule has 138 valence electrons. The Balaban J connectivity index is 0.00000225. The number of aromatic nitrogens is 3. The Kier molecular flexibility index (Phi) is 6.79. The van der Waals surface area contributed by atoms with E-state index in [4.69, 9.17) is 0 Å². The average molecular weight is 459 g/mol. The molecule has 1 aliphatic carbocycles. The van der Waals surface area contributed by atoms with Gasteiger partial charge in [0.1, 0.15) is 12.4 Å². The highest BCUT2D eigenvalue weighted by Gasteiger charge is 2.36. The number of carbonyl (C=O) groups excluding carboxylic acids is 1. The molecule has 2 fully saturated rings. The summed E-state index contributed by atoms with van der Waals surface area (Å²) < 4.78 is 1.92. The molecule has 0 unspecified atom stereocenters. The molecule has 1 saturated carbocycles. The van der Waals surface area contributed by atoms with E-state index in [2.05, 4.69) is 27.1 Å². The minimum absolute atomic E-state index is 0. The van der Waals surface area contributed by atoms with E-state index in [9.17, 15) is 4.79 Å². The monoisotopic (exact) mass is 459 g/mol. The van der Waals surface area contributed by atoms with Crippen LogP contribution in [0.4, 0.5) is 0 Å². The van der Waals surface area contributed by atoms with Crippen LogP contribution in [0.1, 0.15) is 24.5 Å². The summed E-state index contributed by atoms with van der Waals surface area (Å²) in [5, 5.41) is 11.4. The molecular formula is C16H26IN7O. The number of hydrogen-bond donors (Lipinski definition) is 1. The molecule has 0 radical (unpaired) electrons. The first-order valence-corrected chi connectivity index (χ1v) is 8.38. The number of guanidine groups is 1. The van der Waals surface area contributed by atoms with Gasteiger partial charge < -0.3 is 19.7 Å². The van der Waals surface area contributed by atoms with E-state index in [1.54, 1.807) is 6.08 Å². The second-order valence-corrected chi connectivity index (χ2v) is 6.27. The van der Waals surface area contributed by atoms with Gasteiger partial charge in [0.15, 0.2) is 11.8 Å². The standard InChI is InChI=1S/C16H25N7O.HI/c1-4-7-17-16(18-10-14-20-19-12(2)21(14)3)22-8-9-23(13-5-6-13)15(24)11-22;/h4,13H,1,5-11H2,2-3H3,(H,17,18);1H. The Morgan fingerprint density at radius 1 is 1.40 bits per heavy atom. The normalized spacial score (nSPS) is 18.2. The van der Waals surface area contributed by atoms with E-state index in [1.165, 1.54) is 0 Å². The van der Waals surface area contributed by atoms with Crippen molar-refractivity contribution < 1.29 is 4.79 Å². The number of nitrogens with one attached hydrogen (secondary N) is 1. The van der Waals surface area contributed by atoms with Crippen molar-refractivity contribution in [3.63, 3.8) is 0 Å². The van der Waals surface area contributed by atoms with Crippen molar-refractivity contribution in [3.8, 4) is 0 Å². The highest BCUT2D eigenvalue weighted by molar-refractivity contribution is 14.0. The molecule has 0 atom stereocenters. The van der Waals surface area contributed by atoms with Gasteiger partial charge in [-0.3, -0.25) is 4.79 Å². The summed E-state index contributed by atoms with van der Waals surface area (Å²) in [6, 6.07) is 0.475. The zero-order chi connectivity index (χ0) is 17.1. The lowest BCUT2D eigenvalue weighted by molar-refractivity contribution is -0.135. The second kappa shape index (κ2) is 8.63. The zero-order valence-corrected chi connectivity index (χ0v) is 17.1. The molecule has 2 aliphatic rings. The fraction of sp³-hybridized carbons (Fsp3) is 0.625. The first-order valence-electron chi connectivity index (χ1n) is 8.38. The molecule has 3 rings (SSSR count). The predicted molar refractivity (Wildman–Crippen MR) is 107 cm³/mol. The molecule has 1 aliphatic heterocycles. The molecule has 0 bridgehead atoms. The molecule has 0 aromatic carbocycles. The highest BCUT2D eigenvalue weighted by Crippen LogP contribution is 2.28. The maximum absolute atomic E-state index is 12.4. The molecule has 25 heavy (non-hydrogen) atoms. The van der Waals surface area contributed by atoms with Crippen molar-refractivity contribution in [2.75, 3.05) is 26.2 Å². The third kappa shape index (κ3) is 4.71. The van der Waals surface area contributed by atoms with E-state index in [0.29, 0.717) is 25.7 Å². The van der Waals surface area contributed by atoms with Crippen molar-refractivity contribution in [1.82, 2.24) is 29.9 Å². The van der Waals surface area contributed by atoms with Crippen LogP contribution < -0.4 is 5.32 Å². The van der Waals surface area contributed by atoms with Gasteiger partial charge in [0.2, 0.25) is 5.91 Å². The zero-order valence-electron chi connectivity index (χ0n) is 14.8. The van der Waals surface area contributed by atoms with Gasteiger partial charge in [-0.05, 0) is 19.8 Å². The minimum Gasteiger partial charge on any atom is -0.353 e. The summed E-state index contributed by atoms with van der Waals surface area (Å²) in [5.74, 6) is 2.56. The van der Waals surface area contributed by atoms with Gasteiger partial charge in [-0.25, -0.2) is 4.99 Å². The van der Waals surface area contributed by atoms with E-state index in [1.807, 2.05) is 28.3 Å². The minimum atomic E-state index is 0. The maximum atomic E-state index is 12.4. The summed E-state index contributed by atoms with van der Waals surface area (Å²) in [6.45, 7) is 8.61. The third-order valence-corrected chi connectivity index (χ3v) is 4.50. The summed E-state index contributed by atoms with van der Waals surface area (Å²) in [5.41, 5.74) is 0. The number of carbonyl (C=O) groups is 1. The first-order chi connectivity index (χ1) is 11.6. The topological polar surface area (TPSA) is 78.7 Å². The number of aryl methyl sites for hydroxylation is 1. The number of nitrogens with zero attached hydrogens (tertiary/aromatic N) is 6. The quantitative estimate of drug-likeness (QED) is 0.303. The third-order valence-electron chi connectivity index (χ3n) is 4.50. The SMILES string of the molecule is C=CCNC(=NCc1nnc(C)n1C)N1CCN(C2CC2)C(=O)C1.I. The van der Waals surface area contributed by atoms with Crippen molar-refractivity contribution in [2.45, 2.75) is 32.4 Å². The first kappa shape index (κ1) is 19.7. The van der Waals surface area contributed by atoms with E-state index >= 15 is 0 Å². The van der Waals surface area contributed by atoms with Gasteiger partial charge in [0, 0.05) is 32.7 Å². The van der Waals surface area contributed by atoms with E-state index in [0.717, 1.165) is 43.5 Å². The van der Waals surface area contributed by atoms with Gasteiger partial charge in [-0.2, -0.15) is 0 Å². The van der Waals surface area contributed by atoms with Gasteiger partial charge in [0.05, 0.1) is 6.54 Å². The Morgan fingerprint density at radius 2 is 2.16 bits per heavy atom. The van der Waals surface area contributed by atoms with E-state index in [-0.39, 0.29) is 29.9 Å². The summed E-state index contributed by atoms with van der Waals surface area (Å²) in [4.78, 5) is 21.0. The molecule has 1 N–H and O–H groups in total. The molecule has 0 spiro atoms. The molecule has 8 nitrogen and oxygen atoms in total. The van der Waals surface area contributed by atoms with Crippen molar-refractivity contribution >= 4 is 35.8 Å². The molecule has 1 amide bonds. The maximum Gasteiger partial charge on any atom is 0.242 e. The smallest absolute Gasteiger partial charge is 0.242 e. The largest absolute Gasteiger partial charge is 0.353 e. The van der Waals surface area contributed by atoms with Crippen LogP contribution in [0.2, 0.25) is 0 Å². The molecular weight excluding hydrogens is 433 g/mol. The highest BCUT2D eigenvalue weighted by atomic mass is 127. The lowest BCUT2D eigenvalue weighted by Crippen LogP contribution is -2.55. The summed E-state index contributed by atoms with van der Waals surface area (Å²) in [6.07, 6.45) is 4.07. The van der Waals surface area contributed by atoms with Gasteiger partial charge in [-0.15, -0.1) is 40.8 Å². The lowest BCUT2D eigenvalue weighted by Gasteiger charge is -2.36. The Morgan fingerprint density at radius 3 is 2.72 bits per heavy atom. The second-order valence-electron chi connectivity index (χ2n) is 6.27. The van der Waals surface area contributed by atoms with Crippen LogP contribution in [0.15, 0.2) is 17.6 Å². The van der Waals surface area contributed by atoms with Crippen LogP contribution in [0.25, 0.3) is 0 Å². The van der Waals surface area contributed by atoms with Gasteiger partial charge in [-0.1, -0.05) is 6.08 Å².